The van der Waals surface area contributed by atoms with Crippen molar-refractivity contribution in [3.05, 3.63) is 81.0 Å². The first-order chi connectivity index (χ1) is 12.1. The number of benzene rings is 2. The zero-order valence-corrected chi connectivity index (χ0v) is 13.4. The van der Waals surface area contributed by atoms with Crippen molar-refractivity contribution in [2.45, 2.75) is 25.9 Å². The summed E-state index contributed by atoms with van der Waals surface area (Å²) in [5.41, 5.74) is 2.84. The number of ether oxygens (including phenoxy) is 1. The van der Waals surface area contributed by atoms with Crippen LogP contribution in [0.1, 0.15) is 33.5 Å². The van der Waals surface area contributed by atoms with E-state index in [1.54, 1.807) is 6.07 Å². The third-order valence-electron chi connectivity index (χ3n) is 4.50. The van der Waals surface area contributed by atoms with Crippen LogP contribution in [-0.4, -0.2) is 5.97 Å². The number of carbonyl (C=O) groups is 1. The third-order valence-corrected chi connectivity index (χ3v) is 4.50. The lowest BCUT2D eigenvalue weighted by Crippen LogP contribution is -2.09. The van der Waals surface area contributed by atoms with Crippen LogP contribution in [-0.2, 0) is 24.2 Å². The van der Waals surface area contributed by atoms with Gasteiger partial charge in [0.25, 0.3) is 0 Å². The fraction of sp³-hybridized carbons (Fsp3) is 0.200. The van der Waals surface area contributed by atoms with E-state index < -0.39 is 17.4 Å². The molecule has 4 nitrogen and oxygen atoms in total. The first-order valence-corrected chi connectivity index (χ1v) is 8.12. The van der Waals surface area contributed by atoms with E-state index in [2.05, 4.69) is 0 Å². The van der Waals surface area contributed by atoms with Gasteiger partial charge in [0.1, 0.15) is 18.0 Å². The standard InChI is InChI=1S/C20H15FO4/c21-17-7-2-1-6-15(17)20(23)24-11-14-10-19(22)25-18-9-13-5-3-4-12(13)8-16(14)18/h1-2,6-10H,3-5,11H2. The zero-order chi connectivity index (χ0) is 17.4. The van der Waals surface area contributed by atoms with Crippen LogP contribution in [0.2, 0.25) is 0 Å². The Hall–Kier alpha value is -2.95. The molecule has 0 atom stereocenters. The van der Waals surface area contributed by atoms with Gasteiger partial charge in [0.15, 0.2) is 0 Å². The maximum atomic E-state index is 13.7. The number of esters is 1. The normalized spacial score (nSPS) is 13.0. The molecule has 2 aromatic carbocycles. The summed E-state index contributed by atoms with van der Waals surface area (Å²) in [6.07, 6.45) is 3.04. The van der Waals surface area contributed by atoms with Crippen LogP contribution < -0.4 is 5.63 Å². The molecule has 126 valence electrons. The van der Waals surface area contributed by atoms with Gasteiger partial charge in [-0.25, -0.2) is 14.0 Å². The number of fused-ring (bicyclic) bond motifs is 2. The molecule has 0 radical (unpaired) electrons. The highest BCUT2D eigenvalue weighted by atomic mass is 19.1. The second-order valence-electron chi connectivity index (χ2n) is 6.12. The predicted molar refractivity (Wildman–Crippen MR) is 90.0 cm³/mol. The molecule has 0 amide bonds. The van der Waals surface area contributed by atoms with Crippen LogP contribution in [0.5, 0.6) is 0 Å². The Morgan fingerprint density at radius 3 is 2.68 bits per heavy atom. The summed E-state index contributed by atoms with van der Waals surface area (Å²) in [5, 5.41) is 0.751. The Morgan fingerprint density at radius 2 is 1.88 bits per heavy atom. The minimum Gasteiger partial charge on any atom is -0.457 e. The van der Waals surface area contributed by atoms with Gasteiger partial charge in [-0.2, -0.15) is 0 Å². The molecule has 0 unspecified atom stereocenters. The van der Waals surface area contributed by atoms with Gasteiger partial charge in [-0.15, -0.1) is 0 Å². The van der Waals surface area contributed by atoms with Gasteiger partial charge >= 0.3 is 11.6 Å². The molecule has 0 saturated heterocycles. The van der Waals surface area contributed by atoms with Crippen LogP contribution in [0.25, 0.3) is 11.0 Å². The summed E-state index contributed by atoms with van der Waals surface area (Å²) < 4.78 is 24.2. The number of hydrogen-bond acceptors (Lipinski definition) is 4. The van der Waals surface area contributed by atoms with E-state index in [0.29, 0.717) is 11.1 Å². The Kier molecular flexibility index (Phi) is 3.84. The summed E-state index contributed by atoms with van der Waals surface area (Å²) >= 11 is 0. The molecule has 0 fully saturated rings. The first-order valence-electron chi connectivity index (χ1n) is 8.12. The lowest BCUT2D eigenvalue weighted by molar-refractivity contribution is 0.0468. The van der Waals surface area contributed by atoms with Gasteiger partial charge in [0.2, 0.25) is 0 Å². The molecule has 0 bridgehead atoms. The molecular weight excluding hydrogens is 323 g/mol. The average molecular weight is 338 g/mol. The molecule has 0 spiro atoms. The number of halogens is 1. The van der Waals surface area contributed by atoms with Crippen molar-refractivity contribution in [3.8, 4) is 0 Å². The SMILES string of the molecule is O=C(OCc1cc(=O)oc2cc3c(cc12)CCC3)c1ccccc1F. The van der Waals surface area contributed by atoms with E-state index in [0.717, 1.165) is 24.6 Å². The molecule has 1 aliphatic rings. The molecule has 4 rings (SSSR count). The third kappa shape index (κ3) is 2.93. The van der Waals surface area contributed by atoms with E-state index in [1.165, 1.54) is 35.4 Å². The lowest BCUT2D eigenvalue weighted by Gasteiger charge is -2.09. The highest BCUT2D eigenvalue weighted by Gasteiger charge is 2.17. The van der Waals surface area contributed by atoms with Gasteiger partial charge in [-0.1, -0.05) is 12.1 Å². The molecule has 25 heavy (non-hydrogen) atoms. The molecule has 0 saturated carbocycles. The van der Waals surface area contributed by atoms with Gasteiger partial charge in [-0.05, 0) is 54.7 Å². The van der Waals surface area contributed by atoms with Crippen LogP contribution in [0, 0.1) is 5.82 Å². The van der Waals surface area contributed by atoms with Gasteiger partial charge in [-0.3, -0.25) is 0 Å². The minimum absolute atomic E-state index is 0.117. The molecule has 1 aromatic heterocycles. The van der Waals surface area contributed by atoms with E-state index in [-0.39, 0.29) is 12.2 Å². The van der Waals surface area contributed by atoms with Crippen LogP contribution in [0.3, 0.4) is 0 Å². The molecule has 0 N–H and O–H groups in total. The summed E-state index contributed by atoms with van der Waals surface area (Å²) in [4.78, 5) is 23.9. The maximum absolute atomic E-state index is 13.7. The fourth-order valence-electron chi connectivity index (χ4n) is 3.26. The molecule has 5 heteroatoms. The number of carbonyl (C=O) groups excluding carboxylic acids is 1. The van der Waals surface area contributed by atoms with Crippen molar-refractivity contribution < 1.29 is 18.3 Å². The van der Waals surface area contributed by atoms with Gasteiger partial charge < -0.3 is 9.15 Å². The van der Waals surface area contributed by atoms with Crippen molar-refractivity contribution in [1.29, 1.82) is 0 Å². The van der Waals surface area contributed by atoms with E-state index in [9.17, 15) is 14.0 Å². The van der Waals surface area contributed by atoms with Crippen LogP contribution in [0.4, 0.5) is 4.39 Å². The predicted octanol–water partition coefficient (Wildman–Crippen LogP) is 3.78. The second-order valence-corrected chi connectivity index (χ2v) is 6.12. The topological polar surface area (TPSA) is 56.5 Å². The molecule has 0 aliphatic heterocycles. The molecule has 3 aromatic rings. The van der Waals surface area contributed by atoms with E-state index in [1.807, 2.05) is 12.1 Å². The summed E-state index contributed by atoms with van der Waals surface area (Å²) in [6, 6.07) is 10.8. The highest BCUT2D eigenvalue weighted by Crippen LogP contribution is 2.28. The fourth-order valence-corrected chi connectivity index (χ4v) is 3.26. The zero-order valence-electron chi connectivity index (χ0n) is 13.4. The summed E-state index contributed by atoms with van der Waals surface area (Å²) in [6.45, 7) is -0.117. The van der Waals surface area contributed by atoms with E-state index in [4.69, 9.17) is 9.15 Å². The molecular formula is C20H15FO4. The Labute approximate surface area is 142 Å². The van der Waals surface area contributed by atoms with E-state index >= 15 is 0 Å². The van der Waals surface area contributed by atoms with Gasteiger partial charge in [0, 0.05) is 17.0 Å². The lowest BCUT2D eigenvalue weighted by atomic mass is 10.0. The highest BCUT2D eigenvalue weighted by molar-refractivity contribution is 5.90. The minimum atomic E-state index is -0.763. The first kappa shape index (κ1) is 15.6. The number of rotatable bonds is 3. The Balaban J connectivity index is 1.66. The summed E-state index contributed by atoms with van der Waals surface area (Å²) in [7, 11) is 0. The largest absolute Gasteiger partial charge is 0.457 e. The van der Waals surface area contributed by atoms with Crippen molar-refractivity contribution in [2.75, 3.05) is 0 Å². The summed E-state index contributed by atoms with van der Waals surface area (Å²) in [5.74, 6) is -1.40. The Morgan fingerprint density at radius 1 is 1.12 bits per heavy atom. The average Bonchev–Trinajstić information content (AvgIpc) is 3.05. The molecule has 1 heterocycles. The van der Waals surface area contributed by atoms with Crippen molar-refractivity contribution in [1.82, 2.24) is 0 Å². The van der Waals surface area contributed by atoms with Crippen molar-refractivity contribution in [3.63, 3.8) is 0 Å². The van der Waals surface area contributed by atoms with Crippen LogP contribution >= 0.6 is 0 Å². The molecule has 1 aliphatic carbocycles. The number of aryl methyl sites for hydroxylation is 2. The number of hydrogen-bond donors (Lipinski definition) is 0. The maximum Gasteiger partial charge on any atom is 0.341 e. The van der Waals surface area contributed by atoms with Crippen molar-refractivity contribution >= 4 is 16.9 Å². The van der Waals surface area contributed by atoms with Gasteiger partial charge in [0.05, 0.1) is 5.56 Å². The quantitative estimate of drug-likeness (QED) is 0.539. The Bertz CT molecular complexity index is 1040. The monoisotopic (exact) mass is 338 g/mol. The van der Waals surface area contributed by atoms with Crippen molar-refractivity contribution in [2.24, 2.45) is 0 Å². The van der Waals surface area contributed by atoms with Crippen LogP contribution in [0.15, 0.2) is 51.7 Å². The second kappa shape index (κ2) is 6.16. The smallest absolute Gasteiger partial charge is 0.341 e.